The number of rotatable bonds is 5. The number of benzene rings is 3. The topological polar surface area (TPSA) is 65.1 Å². The van der Waals surface area contributed by atoms with Crippen molar-refractivity contribution in [1.29, 1.82) is 0 Å². The Morgan fingerprint density at radius 2 is 1.47 bits per heavy atom. The fourth-order valence-electron chi connectivity index (χ4n) is 2.68. The lowest BCUT2D eigenvalue weighted by atomic mass is 10.2. The van der Waals surface area contributed by atoms with Crippen molar-refractivity contribution in [3.63, 3.8) is 0 Å². The molecule has 0 aromatic heterocycles. The lowest BCUT2D eigenvalue weighted by Crippen LogP contribution is -2.33. The number of ether oxygens (including phenoxy) is 3. The molecule has 3 aromatic carbocycles. The van der Waals surface area contributed by atoms with E-state index in [1.807, 2.05) is 0 Å². The van der Waals surface area contributed by atoms with E-state index in [0.29, 0.717) is 17.1 Å². The Morgan fingerprint density at radius 1 is 0.844 bits per heavy atom. The van der Waals surface area contributed by atoms with Crippen LogP contribution in [0.5, 0.6) is 17.2 Å². The molecule has 0 saturated carbocycles. The zero-order chi connectivity index (χ0) is 23.3. The Kier molecular flexibility index (Phi) is 7.23. The number of methoxy groups -OCH3 is 1. The molecule has 3 aromatic rings. The lowest BCUT2D eigenvalue weighted by Gasteiger charge is -2.22. The maximum absolute atomic E-state index is 12.7. The van der Waals surface area contributed by atoms with Crippen LogP contribution in [-0.4, -0.2) is 25.3 Å². The largest absolute Gasteiger partial charge is 0.573 e. The van der Waals surface area contributed by atoms with Crippen LogP contribution in [0, 0.1) is 3.57 Å². The van der Waals surface area contributed by atoms with Crippen molar-refractivity contribution in [3.05, 3.63) is 76.4 Å². The van der Waals surface area contributed by atoms with Crippen molar-refractivity contribution in [3.8, 4) is 17.2 Å². The first-order valence-electron chi connectivity index (χ1n) is 8.98. The fraction of sp³-hybridized carbons (Fsp3) is 0.0909. The first-order chi connectivity index (χ1) is 15.2. The Hall–Kier alpha value is -3.28. The summed E-state index contributed by atoms with van der Waals surface area (Å²) in [6.07, 6.45) is -4.79. The van der Waals surface area contributed by atoms with Gasteiger partial charge < -0.3 is 14.2 Å². The highest BCUT2D eigenvalue weighted by Crippen LogP contribution is 2.32. The van der Waals surface area contributed by atoms with E-state index >= 15 is 0 Å². The molecule has 10 heteroatoms. The minimum absolute atomic E-state index is 0.247. The van der Waals surface area contributed by atoms with Gasteiger partial charge in [0.25, 0.3) is 0 Å². The molecule has 32 heavy (non-hydrogen) atoms. The van der Waals surface area contributed by atoms with E-state index in [2.05, 4.69) is 32.1 Å². The van der Waals surface area contributed by atoms with Crippen LogP contribution in [0.2, 0.25) is 0 Å². The smallest absolute Gasteiger partial charge is 0.462 e. The van der Waals surface area contributed by atoms with Gasteiger partial charge in [-0.2, -0.15) is 0 Å². The van der Waals surface area contributed by atoms with Crippen molar-refractivity contribution in [2.75, 3.05) is 12.0 Å². The molecule has 0 aliphatic rings. The van der Waals surface area contributed by atoms with Gasteiger partial charge in [0, 0.05) is 15.3 Å². The van der Waals surface area contributed by atoms with Gasteiger partial charge in [0.2, 0.25) is 0 Å². The average molecular weight is 557 g/mol. The van der Waals surface area contributed by atoms with E-state index in [-0.39, 0.29) is 11.5 Å². The summed E-state index contributed by atoms with van der Waals surface area (Å²) in [5.74, 6) is -1.79. The maximum Gasteiger partial charge on any atom is 0.573 e. The molecule has 0 aliphatic carbocycles. The molecule has 6 nitrogen and oxygen atoms in total. The van der Waals surface area contributed by atoms with Crippen molar-refractivity contribution in [2.45, 2.75) is 6.36 Å². The molecule has 166 valence electrons. The molecule has 0 saturated heterocycles. The summed E-state index contributed by atoms with van der Waals surface area (Å²) >= 11 is 2.11. The zero-order valence-corrected chi connectivity index (χ0v) is 18.6. The minimum atomic E-state index is -4.79. The third-order valence-corrected chi connectivity index (χ3v) is 4.74. The van der Waals surface area contributed by atoms with Crippen molar-refractivity contribution in [1.82, 2.24) is 0 Å². The van der Waals surface area contributed by atoms with Crippen LogP contribution < -0.4 is 14.4 Å². The van der Waals surface area contributed by atoms with Crippen molar-refractivity contribution in [2.24, 2.45) is 0 Å². The van der Waals surface area contributed by atoms with E-state index in [4.69, 9.17) is 4.74 Å². The monoisotopic (exact) mass is 557 g/mol. The summed E-state index contributed by atoms with van der Waals surface area (Å²) in [6, 6.07) is 18.1. The molecule has 0 aliphatic heterocycles. The van der Waals surface area contributed by atoms with E-state index in [0.717, 1.165) is 22.8 Å². The molecule has 0 fully saturated rings. The zero-order valence-electron chi connectivity index (χ0n) is 16.4. The van der Waals surface area contributed by atoms with Gasteiger partial charge in [-0.15, -0.1) is 13.2 Å². The number of amides is 1. The lowest BCUT2D eigenvalue weighted by molar-refractivity contribution is -0.274. The first-order valence-corrected chi connectivity index (χ1v) is 10.1. The Bertz CT molecular complexity index is 1100. The summed E-state index contributed by atoms with van der Waals surface area (Å²) in [5, 5.41) is 0. The molecule has 0 unspecified atom stereocenters. The van der Waals surface area contributed by atoms with Gasteiger partial charge in [0.05, 0.1) is 12.8 Å². The predicted molar refractivity (Wildman–Crippen MR) is 118 cm³/mol. The second kappa shape index (κ2) is 9.90. The molecule has 0 spiro atoms. The summed E-state index contributed by atoms with van der Waals surface area (Å²) in [7, 11) is 1.11. The van der Waals surface area contributed by atoms with Crippen LogP contribution in [-0.2, 0) is 14.3 Å². The molecular formula is C22H15F3INO5. The number of halogens is 4. The second-order valence-corrected chi connectivity index (χ2v) is 7.47. The Labute approximate surface area is 194 Å². The van der Waals surface area contributed by atoms with Gasteiger partial charge in [-0.1, -0.05) is 6.07 Å². The number of esters is 1. The third-order valence-electron chi connectivity index (χ3n) is 4.02. The van der Waals surface area contributed by atoms with E-state index in [9.17, 15) is 22.8 Å². The molecule has 0 radical (unpaired) electrons. The highest BCUT2D eigenvalue weighted by atomic mass is 127. The van der Waals surface area contributed by atoms with Gasteiger partial charge in [-0.3, -0.25) is 9.69 Å². The summed E-state index contributed by atoms with van der Waals surface area (Å²) in [4.78, 5) is 25.8. The number of alkyl halides is 3. The quantitative estimate of drug-likeness (QED) is 0.225. The second-order valence-electron chi connectivity index (χ2n) is 6.23. The van der Waals surface area contributed by atoms with Gasteiger partial charge in [0.15, 0.2) is 0 Å². The maximum atomic E-state index is 12.7. The Morgan fingerprint density at radius 3 is 2.06 bits per heavy atom. The highest BCUT2D eigenvalue weighted by molar-refractivity contribution is 14.1. The number of carbonyl (C=O) groups excluding carboxylic acids is 2. The third kappa shape index (κ3) is 6.13. The van der Waals surface area contributed by atoms with Crippen molar-refractivity contribution >= 4 is 45.8 Å². The van der Waals surface area contributed by atoms with E-state index in [1.165, 1.54) is 23.1 Å². The highest BCUT2D eigenvalue weighted by Gasteiger charge is 2.31. The number of anilines is 2. The number of hydrogen-bond donors (Lipinski definition) is 0. The van der Waals surface area contributed by atoms with Gasteiger partial charge in [0.1, 0.15) is 17.2 Å². The molecule has 3 rings (SSSR count). The normalized spacial score (nSPS) is 10.9. The SMILES string of the molecule is COC(=O)C(=O)N(c1ccc(I)cc1)c1cccc(Oc2ccc(OC(F)(F)F)cc2)c1. The summed E-state index contributed by atoms with van der Waals surface area (Å²) in [6.45, 7) is 0. The summed E-state index contributed by atoms with van der Waals surface area (Å²) in [5.41, 5.74) is 0.766. The number of hydrogen-bond acceptors (Lipinski definition) is 5. The molecule has 0 N–H and O–H groups in total. The molecule has 0 bridgehead atoms. The van der Waals surface area contributed by atoms with Gasteiger partial charge >= 0.3 is 18.2 Å². The molecule has 0 heterocycles. The van der Waals surface area contributed by atoms with Crippen LogP contribution in [0.25, 0.3) is 0 Å². The van der Waals surface area contributed by atoms with Crippen LogP contribution in [0.4, 0.5) is 24.5 Å². The average Bonchev–Trinajstić information content (AvgIpc) is 2.75. The Balaban J connectivity index is 1.88. The van der Waals surface area contributed by atoms with Crippen molar-refractivity contribution < 1.29 is 37.0 Å². The van der Waals surface area contributed by atoms with Crippen LogP contribution in [0.15, 0.2) is 72.8 Å². The van der Waals surface area contributed by atoms with E-state index in [1.54, 1.807) is 42.5 Å². The van der Waals surface area contributed by atoms with Crippen LogP contribution in [0.1, 0.15) is 0 Å². The minimum Gasteiger partial charge on any atom is -0.462 e. The van der Waals surface area contributed by atoms with Gasteiger partial charge in [-0.05, 0) is 83.3 Å². The number of nitrogens with zero attached hydrogens (tertiary/aromatic N) is 1. The predicted octanol–water partition coefficient (Wildman–Crippen LogP) is 5.82. The fourth-order valence-corrected chi connectivity index (χ4v) is 3.04. The van der Waals surface area contributed by atoms with Crippen LogP contribution >= 0.6 is 22.6 Å². The first kappa shape index (κ1) is 23.4. The summed E-state index contributed by atoms with van der Waals surface area (Å²) < 4.78 is 51.9. The van der Waals surface area contributed by atoms with Gasteiger partial charge in [-0.25, -0.2) is 4.79 Å². The van der Waals surface area contributed by atoms with E-state index < -0.39 is 18.2 Å². The molecular weight excluding hydrogens is 542 g/mol. The standard InChI is InChI=1S/C22H15F3INO5/c1-30-21(29)20(28)27(15-7-5-14(26)6-8-15)16-3-2-4-19(13-16)31-17-9-11-18(12-10-17)32-22(23,24)25/h2-13H,1H3. The molecule has 0 atom stereocenters. The number of carbonyl (C=O) groups is 2. The van der Waals surface area contributed by atoms with Crippen LogP contribution in [0.3, 0.4) is 0 Å². The molecule has 1 amide bonds.